The molecular weight excluding hydrogens is 136 g/mol. The van der Waals surface area contributed by atoms with Gasteiger partial charge in [-0.15, -0.1) is 0 Å². The average Bonchev–Trinajstić information content (AvgIpc) is 2.39. The van der Waals surface area contributed by atoms with Crippen molar-refractivity contribution >= 4 is 0 Å². The monoisotopic (exact) mass is 152 g/mol. The molecule has 62 valence electrons. The van der Waals surface area contributed by atoms with Crippen LogP contribution in [0.4, 0.5) is 0 Å². The summed E-state index contributed by atoms with van der Waals surface area (Å²) < 4.78 is 0. The molecule has 3 unspecified atom stereocenters. The van der Waals surface area contributed by atoms with E-state index in [0.29, 0.717) is 12.5 Å². The van der Waals surface area contributed by atoms with E-state index >= 15 is 0 Å². The van der Waals surface area contributed by atoms with Crippen molar-refractivity contribution in [3.05, 3.63) is 0 Å². The predicted octanol–water partition coefficient (Wildman–Crippen LogP) is 1.66. The van der Waals surface area contributed by atoms with Gasteiger partial charge in [-0.25, -0.2) is 0 Å². The van der Waals surface area contributed by atoms with Crippen LogP contribution in [0, 0.1) is 29.6 Å². The Morgan fingerprint density at radius 1 is 1.00 bits per heavy atom. The van der Waals surface area contributed by atoms with E-state index in [-0.39, 0.29) is 0 Å². The summed E-state index contributed by atoms with van der Waals surface area (Å²) in [5, 5.41) is 9.15. The van der Waals surface area contributed by atoms with E-state index in [9.17, 15) is 0 Å². The number of hydrogen-bond acceptors (Lipinski definition) is 1. The summed E-state index contributed by atoms with van der Waals surface area (Å²) in [6, 6.07) is 0. The highest BCUT2D eigenvalue weighted by Crippen LogP contribution is 2.64. The van der Waals surface area contributed by atoms with E-state index in [1.807, 2.05) is 0 Å². The first kappa shape index (κ1) is 6.47. The van der Waals surface area contributed by atoms with Crippen molar-refractivity contribution in [3.63, 3.8) is 0 Å². The summed E-state index contributed by atoms with van der Waals surface area (Å²) in [5.41, 5.74) is 0. The molecule has 0 aromatic heterocycles. The SMILES string of the molecule is OCC1[C@H]2CCC3CC[C@@H]1C32. The lowest BCUT2D eigenvalue weighted by Gasteiger charge is -2.46. The molecule has 0 radical (unpaired) electrons. The molecule has 0 bridgehead atoms. The maximum atomic E-state index is 9.15. The van der Waals surface area contributed by atoms with Crippen LogP contribution in [-0.4, -0.2) is 11.7 Å². The minimum Gasteiger partial charge on any atom is -0.396 e. The van der Waals surface area contributed by atoms with Gasteiger partial charge in [0.25, 0.3) is 0 Å². The average molecular weight is 152 g/mol. The van der Waals surface area contributed by atoms with Gasteiger partial charge in [0.2, 0.25) is 0 Å². The molecule has 0 aliphatic heterocycles. The molecule has 0 amide bonds. The molecule has 0 spiro atoms. The van der Waals surface area contributed by atoms with Gasteiger partial charge in [-0.1, -0.05) is 0 Å². The van der Waals surface area contributed by atoms with Gasteiger partial charge in [0.1, 0.15) is 0 Å². The molecule has 5 atom stereocenters. The molecule has 3 fully saturated rings. The molecule has 3 rings (SSSR count). The van der Waals surface area contributed by atoms with E-state index in [1.165, 1.54) is 25.7 Å². The molecular formula is C10H16O. The van der Waals surface area contributed by atoms with Crippen LogP contribution in [0.5, 0.6) is 0 Å². The van der Waals surface area contributed by atoms with E-state index in [0.717, 1.165) is 23.7 Å². The van der Waals surface area contributed by atoms with Crippen LogP contribution in [0.1, 0.15) is 25.7 Å². The molecule has 0 heterocycles. The molecule has 1 heteroatoms. The quantitative estimate of drug-likeness (QED) is 0.606. The van der Waals surface area contributed by atoms with Crippen LogP contribution in [0.3, 0.4) is 0 Å². The second-order valence-corrected chi connectivity index (χ2v) is 4.67. The van der Waals surface area contributed by atoms with Gasteiger partial charge in [0, 0.05) is 6.61 Å². The van der Waals surface area contributed by atoms with Gasteiger partial charge in [-0.05, 0) is 55.3 Å². The van der Waals surface area contributed by atoms with Gasteiger partial charge in [0.15, 0.2) is 0 Å². The second-order valence-electron chi connectivity index (χ2n) is 4.67. The third kappa shape index (κ3) is 0.618. The summed E-state index contributed by atoms with van der Waals surface area (Å²) in [6.45, 7) is 0.471. The van der Waals surface area contributed by atoms with Crippen molar-refractivity contribution in [2.24, 2.45) is 29.6 Å². The van der Waals surface area contributed by atoms with Crippen LogP contribution in [0.2, 0.25) is 0 Å². The van der Waals surface area contributed by atoms with Gasteiger partial charge in [-0.3, -0.25) is 0 Å². The Hall–Kier alpha value is -0.0400. The first-order chi connectivity index (χ1) is 5.42. The van der Waals surface area contributed by atoms with Gasteiger partial charge >= 0.3 is 0 Å². The summed E-state index contributed by atoms with van der Waals surface area (Å²) in [4.78, 5) is 0. The molecule has 0 aromatic rings. The Kier molecular flexibility index (Phi) is 1.18. The molecule has 3 aliphatic carbocycles. The maximum Gasteiger partial charge on any atom is 0.0464 e. The van der Waals surface area contributed by atoms with Crippen molar-refractivity contribution in [3.8, 4) is 0 Å². The van der Waals surface area contributed by atoms with Crippen molar-refractivity contribution in [2.45, 2.75) is 25.7 Å². The first-order valence-corrected chi connectivity index (χ1v) is 5.02. The standard InChI is InChI=1S/C10H16O/c11-5-9-7-3-1-6-2-4-8(9)10(6)7/h6-11H,1-5H2/t6?,7-,8+,9?,10?. The fraction of sp³-hybridized carbons (Fsp3) is 1.00. The first-order valence-electron chi connectivity index (χ1n) is 5.02. The smallest absolute Gasteiger partial charge is 0.0464 e. The third-order valence-corrected chi connectivity index (χ3v) is 4.59. The summed E-state index contributed by atoms with van der Waals surface area (Å²) in [5.74, 6) is 4.74. The number of hydrogen-bond donors (Lipinski definition) is 1. The minimum atomic E-state index is 0.471. The highest BCUT2D eigenvalue weighted by atomic mass is 16.3. The van der Waals surface area contributed by atoms with Crippen molar-refractivity contribution in [2.75, 3.05) is 6.61 Å². The lowest BCUT2D eigenvalue weighted by Crippen LogP contribution is -2.44. The highest BCUT2D eigenvalue weighted by Gasteiger charge is 2.58. The normalized spacial score (nSPS) is 59.2. The Balaban J connectivity index is 1.86. The van der Waals surface area contributed by atoms with Crippen LogP contribution in [-0.2, 0) is 0 Å². The zero-order valence-corrected chi connectivity index (χ0v) is 6.87. The van der Waals surface area contributed by atoms with Gasteiger partial charge in [-0.2, -0.15) is 0 Å². The molecule has 11 heavy (non-hydrogen) atoms. The summed E-state index contributed by atoms with van der Waals surface area (Å²) >= 11 is 0. The molecule has 1 N–H and O–H groups in total. The van der Waals surface area contributed by atoms with Crippen LogP contribution < -0.4 is 0 Å². The van der Waals surface area contributed by atoms with Crippen molar-refractivity contribution < 1.29 is 5.11 Å². The highest BCUT2D eigenvalue weighted by molar-refractivity contribution is 5.07. The summed E-state index contributed by atoms with van der Waals surface area (Å²) in [6.07, 6.45) is 5.80. The Labute approximate surface area is 67.8 Å². The maximum absolute atomic E-state index is 9.15. The zero-order valence-electron chi connectivity index (χ0n) is 6.87. The zero-order chi connectivity index (χ0) is 7.42. The van der Waals surface area contributed by atoms with Crippen molar-refractivity contribution in [1.29, 1.82) is 0 Å². The number of aliphatic hydroxyl groups excluding tert-OH is 1. The minimum absolute atomic E-state index is 0.471. The molecule has 1 nitrogen and oxygen atoms in total. The molecule has 0 aromatic carbocycles. The Morgan fingerprint density at radius 3 is 2.18 bits per heavy atom. The van der Waals surface area contributed by atoms with Crippen molar-refractivity contribution in [1.82, 2.24) is 0 Å². The fourth-order valence-electron chi connectivity index (χ4n) is 4.19. The topological polar surface area (TPSA) is 20.2 Å². The Morgan fingerprint density at radius 2 is 1.64 bits per heavy atom. The number of aliphatic hydroxyl groups is 1. The Bertz CT molecular complexity index is 162. The third-order valence-electron chi connectivity index (χ3n) is 4.59. The molecule has 3 saturated carbocycles. The summed E-state index contributed by atoms with van der Waals surface area (Å²) in [7, 11) is 0. The fourth-order valence-corrected chi connectivity index (χ4v) is 4.19. The van der Waals surface area contributed by atoms with Gasteiger partial charge in [0.05, 0.1) is 0 Å². The van der Waals surface area contributed by atoms with Crippen LogP contribution in [0.25, 0.3) is 0 Å². The molecule has 3 aliphatic rings. The van der Waals surface area contributed by atoms with E-state index in [1.54, 1.807) is 0 Å². The van der Waals surface area contributed by atoms with E-state index < -0.39 is 0 Å². The largest absolute Gasteiger partial charge is 0.396 e. The number of rotatable bonds is 1. The molecule has 0 saturated heterocycles. The lowest BCUT2D eigenvalue weighted by molar-refractivity contribution is -0.0250. The van der Waals surface area contributed by atoms with E-state index in [4.69, 9.17) is 5.11 Å². The van der Waals surface area contributed by atoms with Crippen LogP contribution in [0.15, 0.2) is 0 Å². The second kappa shape index (κ2) is 2.01. The lowest BCUT2D eigenvalue weighted by atomic mass is 9.59. The van der Waals surface area contributed by atoms with E-state index in [2.05, 4.69) is 0 Å². The predicted molar refractivity (Wildman–Crippen MR) is 43.0 cm³/mol. The van der Waals surface area contributed by atoms with Crippen LogP contribution >= 0.6 is 0 Å². The van der Waals surface area contributed by atoms with Gasteiger partial charge < -0.3 is 5.11 Å².